The first kappa shape index (κ1) is 18.7. The number of nitrogens with zero attached hydrogens (tertiary/aromatic N) is 3. The van der Waals surface area contributed by atoms with Gasteiger partial charge in [0.05, 0.1) is 5.69 Å². The number of aryl methyl sites for hydroxylation is 1. The summed E-state index contributed by atoms with van der Waals surface area (Å²) in [6.45, 7) is 10.7. The molecule has 1 aliphatic heterocycles. The highest BCUT2D eigenvalue weighted by Gasteiger charge is 2.22. The number of piperazine rings is 1. The van der Waals surface area contributed by atoms with E-state index in [1.165, 1.54) is 0 Å². The summed E-state index contributed by atoms with van der Waals surface area (Å²) < 4.78 is 5.09. The Morgan fingerprint density at radius 2 is 2.08 bits per heavy atom. The lowest BCUT2D eigenvalue weighted by Crippen LogP contribution is -2.51. The molecule has 2 amide bonds. The van der Waals surface area contributed by atoms with Gasteiger partial charge in [-0.15, -0.1) is 0 Å². The Kier molecular flexibility index (Phi) is 6.62. The van der Waals surface area contributed by atoms with E-state index in [0.717, 1.165) is 57.0 Å². The van der Waals surface area contributed by atoms with Crippen molar-refractivity contribution < 1.29 is 14.4 Å². The van der Waals surface area contributed by atoms with Gasteiger partial charge in [0.15, 0.2) is 0 Å². The third-order valence-corrected chi connectivity index (χ3v) is 4.46. The molecule has 0 unspecified atom stereocenters. The molecule has 0 atom stereocenters. The van der Waals surface area contributed by atoms with Gasteiger partial charge in [0.1, 0.15) is 5.76 Å². The van der Waals surface area contributed by atoms with Crippen molar-refractivity contribution in [3.63, 3.8) is 0 Å². The monoisotopic (exact) mass is 338 g/mol. The number of aliphatic hydroxyl groups excluding tert-OH is 1. The quantitative estimate of drug-likeness (QED) is 0.738. The third-order valence-electron chi connectivity index (χ3n) is 4.46. The van der Waals surface area contributed by atoms with Crippen LogP contribution in [0.1, 0.15) is 38.1 Å². The zero-order valence-corrected chi connectivity index (χ0v) is 15.0. The van der Waals surface area contributed by atoms with E-state index in [1.54, 1.807) is 0 Å². The number of carbonyl (C=O) groups is 1. The molecule has 0 aromatic carbocycles. The Morgan fingerprint density at radius 1 is 1.38 bits per heavy atom. The van der Waals surface area contributed by atoms with E-state index in [1.807, 2.05) is 31.7 Å². The summed E-state index contributed by atoms with van der Waals surface area (Å²) in [5.74, 6) is 0.826. The fraction of sp³-hybridized carbons (Fsp3) is 0.765. The first-order valence-electron chi connectivity index (χ1n) is 8.68. The Labute approximate surface area is 144 Å². The molecule has 2 rings (SSSR count). The van der Waals surface area contributed by atoms with Gasteiger partial charge in [-0.25, -0.2) is 4.79 Å². The summed E-state index contributed by atoms with van der Waals surface area (Å²) in [6, 6.07) is 1.96. The number of carbonyl (C=O) groups excluding carboxylic acids is 1. The van der Waals surface area contributed by atoms with Crippen LogP contribution in [0.4, 0.5) is 4.79 Å². The molecule has 2 heterocycles. The summed E-state index contributed by atoms with van der Waals surface area (Å²) in [6.07, 6.45) is 1.78. The normalized spacial score (nSPS) is 16.4. The fourth-order valence-corrected chi connectivity index (χ4v) is 2.78. The molecule has 1 fully saturated rings. The molecule has 2 N–H and O–H groups in total. The van der Waals surface area contributed by atoms with Gasteiger partial charge in [-0.3, -0.25) is 4.90 Å². The van der Waals surface area contributed by atoms with Crippen LogP contribution >= 0.6 is 0 Å². The third kappa shape index (κ3) is 5.79. The van der Waals surface area contributed by atoms with Crippen LogP contribution in [0, 0.1) is 12.3 Å². The molecular weight excluding hydrogens is 308 g/mol. The van der Waals surface area contributed by atoms with Crippen LogP contribution in [-0.4, -0.2) is 65.4 Å². The molecule has 7 heteroatoms. The second-order valence-corrected chi connectivity index (χ2v) is 7.35. The van der Waals surface area contributed by atoms with Gasteiger partial charge in [-0.2, -0.15) is 0 Å². The minimum Gasteiger partial charge on any atom is -0.396 e. The molecule has 0 spiro atoms. The van der Waals surface area contributed by atoms with Gasteiger partial charge in [-0.05, 0) is 25.2 Å². The topological polar surface area (TPSA) is 81.8 Å². The molecule has 0 bridgehead atoms. The number of rotatable bonds is 7. The molecule has 136 valence electrons. The highest BCUT2D eigenvalue weighted by atomic mass is 16.5. The Morgan fingerprint density at radius 3 is 2.67 bits per heavy atom. The zero-order valence-electron chi connectivity index (χ0n) is 15.0. The van der Waals surface area contributed by atoms with Crippen molar-refractivity contribution in [2.45, 2.75) is 40.2 Å². The average Bonchev–Trinajstić information content (AvgIpc) is 2.97. The smallest absolute Gasteiger partial charge is 0.317 e. The van der Waals surface area contributed by atoms with Gasteiger partial charge in [0.25, 0.3) is 0 Å². The number of aromatic nitrogens is 1. The van der Waals surface area contributed by atoms with Crippen LogP contribution in [-0.2, 0) is 6.54 Å². The van der Waals surface area contributed by atoms with Crippen molar-refractivity contribution in [1.29, 1.82) is 0 Å². The van der Waals surface area contributed by atoms with Gasteiger partial charge < -0.3 is 19.8 Å². The van der Waals surface area contributed by atoms with E-state index in [9.17, 15) is 9.90 Å². The fourth-order valence-electron chi connectivity index (χ4n) is 2.78. The highest BCUT2D eigenvalue weighted by molar-refractivity contribution is 5.74. The maximum absolute atomic E-state index is 12.2. The average molecular weight is 338 g/mol. The predicted octanol–water partition coefficient (Wildman–Crippen LogP) is 1.61. The maximum atomic E-state index is 12.2. The second kappa shape index (κ2) is 8.48. The van der Waals surface area contributed by atoms with Gasteiger partial charge in [0.2, 0.25) is 0 Å². The van der Waals surface area contributed by atoms with E-state index < -0.39 is 0 Å². The summed E-state index contributed by atoms with van der Waals surface area (Å²) in [7, 11) is 0. The number of nitrogens with one attached hydrogen (secondary N) is 1. The number of hydrogen-bond donors (Lipinski definition) is 2. The lowest BCUT2D eigenvalue weighted by Gasteiger charge is -2.34. The van der Waals surface area contributed by atoms with E-state index in [0.29, 0.717) is 6.54 Å². The van der Waals surface area contributed by atoms with Crippen molar-refractivity contribution in [1.82, 2.24) is 20.3 Å². The Bertz CT molecular complexity index is 522. The standard InChI is InChI=1S/C17H30N4O3/c1-14-11-15(19-24-14)12-20-7-9-21(10-8-20)16(23)18-6-4-5-17(2,3)13-22/h11,22H,4-10,12-13H2,1-3H3,(H,18,23). The van der Waals surface area contributed by atoms with Gasteiger partial charge in [-0.1, -0.05) is 19.0 Å². The van der Waals surface area contributed by atoms with Gasteiger partial charge >= 0.3 is 6.03 Å². The van der Waals surface area contributed by atoms with Crippen molar-refractivity contribution in [2.24, 2.45) is 5.41 Å². The van der Waals surface area contributed by atoms with Crippen molar-refractivity contribution in [3.05, 3.63) is 17.5 Å². The largest absolute Gasteiger partial charge is 0.396 e. The SMILES string of the molecule is Cc1cc(CN2CCN(C(=O)NCCCC(C)(C)CO)CC2)no1. The molecular formula is C17H30N4O3. The highest BCUT2D eigenvalue weighted by Crippen LogP contribution is 2.20. The number of urea groups is 1. The summed E-state index contributed by atoms with van der Waals surface area (Å²) in [5, 5.41) is 16.2. The van der Waals surface area contributed by atoms with Gasteiger partial charge in [0, 0.05) is 51.9 Å². The summed E-state index contributed by atoms with van der Waals surface area (Å²) >= 11 is 0. The van der Waals surface area contributed by atoms with Crippen LogP contribution in [0.3, 0.4) is 0 Å². The van der Waals surface area contributed by atoms with Crippen LogP contribution < -0.4 is 5.32 Å². The molecule has 1 aliphatic rings. The molecule has 1 aromatic heterocycles. The predicted molar refractivity (Wildman–Crippen MR) is 91.6 cm³/mol. The van der Waals surface area contributed by atoms with Crippen molar-refractivity contribution in [3.8, 4) is 0 Å². The minimum absolute atomic E-state index is 0.00809. The molecule has 7 nitrogen and oxygen atoms in total. The molecule has 1 saturated heterocycles. The summed E-state index contributed by atoms with van der Waals surface area (Å²) in [4.78, 5) is 16.3. The van der Waals surface area contributed by atoms with Crippen molar-refractivity contribution in [2.75, 3.05) is 39.3 Å². The molecule has 0 radical (unpaired) electrons. The number of amides is 2. The van der Waals surface area contributed by atoms with Crippen LogP contribution in [0.25, 0.3) is 0 Å². The minimum atomic E-state index is -0.0736. The Hall–Kier alpha value is -1.60. The molecule has 0 aliphatic carbocycles. The molecule has 1 aromatic rings. The van der Waals surface area contributed by atoms with E-state index in [2.05, 4.69) is 15.4 Å². The second-order valence-electron chi connectivity index (χ2n) is 7.35. The molecule has 0 saturated carbocycles. The maximum Gasteiger partial charge on any atom is 0.317 e. The molecule has 24 heavy (non-hydrogen) atoms. The van der Waals surface area contributed by atoms with E-state index >= 15 is 0 Å². The first-order chi connectivity index (χ1) is 11.4. The lowest BCUT2D eigenvalue weighted by atomic mass is 9.89. The summed E-state index contributed by atoms with van der Waals surface area (Å²) in [5.41, 5.74) is 0.868. The number of hydrogen-bond acceptors (Lipinski definition) is 5. The van der Waals surface area contributed by atoms with Crippen LogP contribution in [0.15, 0.2) is 10.6 Å². The first-order valence-corrected chi connectivity index (χ1v) is 8.68. The van der Waals surface area contributed by atoms with Crippen LogP contribution in [0.5, 0.6) is 0 Å². The lowest BCUT2D eigenvalue weighted by molar-refractivity contribution is 0.131. The van der Waals surface area contributed by atoms with E-state index in [4.69, 9.17) is 4.52 Å². The zero-order chi connectivity index (χ0) is 17.6. The Balaban J connectivity index is 1.63. The number of aliphatic hydroxyl groups is 1. The van der Waals surface area contributed by atoms with Crippen molar-refractivity contribution >= 4 is 6.03 Å². The van der Waals surface area contributed by atoms with Crippen LogP contribution in [0.2, 0.25) is 0 Å². The van der Waals surface area contributed by atoms with E-state index in [-0.39, 0.29) is 18.1 Å².